The number of nitrogens with zero attached hydrogens (tertiary/aromatic N) is 3. The number of carbonyl (C=O) groups excluding carboxylic acids is 1. The lowest BCUT2D eigenvalue weighted by molar-refractivity contribution is -0.139. The van der Waals surface area contributed by atoms with Gasteiger partial charge < -0.3 is 15.2 Å². The van der Waals surface area contributed by atoms with E-state index in [9.17, 15) is 23.2 Å². The molecule has 1 fully saturated rings. The summed E-state index contributed by atoms with van der Waals surface area (Å²) in [4.78, 5) is 19.2. The summed E-state index contributed by atoms with van der Waals surface area (Å²) in [6.07, 6.45) is -3.10. The maximum Gasteiger partial charge on any atom is 0.417 e. The van der Waals surface area contributed by atoms with Gasteiger partial charge in [-0.3, -0.25) is 9.69 Å². The number of nitriles is 1. The number of amides is 1. The van der Waals surface area contributed by atoms with Gasteiger partial charge in [-0.05, 0) is 54.3 Å². The van der Waals surface area contributed by atoms with Gasteiger partial charge in [0.05, 0.1) is 23.8 Å². The molecule has 2 aromatic rings. The first kappa shape index (κ1) is 22.2. The van der Waals surface area contributed by atoms with E-state index in [-0.39, 0.29) is 41.6 Å². The number of hydrogen-bond acceptors (Lipinski definition) is 6. The molecule has 1 saturated heterocycles. The second kappa shape index (κ2) is 7.46. The average molecular weight is 470 g/mol. The van der Waals surface area contributed by atoms with Crippen LogP contribution in [0, 0.1) is 11.3 Å². The lowest BCUT2D eigenvalue weighted by Crippen LogP contribution is -2.55. The van der Waals surface area contributed by atoms with E-state index >= 15 is 0 Å². The highest BCUT2D eigenvalue weighted by molar-refractivity contribution is 6.07. The van der Waals surface area contributed by atoms with Crippen LogP contribution in [-0.4, -0.2) is 42.6 Å². The van der Waals surface area contributed by atoms with E-state index in [0.29, 0.717) is 24.3 Å². The van der Waals surface area contributed by atoms with Crippen LogP contribution in [0.25, 0.3) is 11.1 Å². The normalized spacial score (nSPS) is 26.3. The predicted molar refractivity (Wildman–Crippen MR) is 116 cm³/mol. The monoisotopic (exact) mass is 470 g/mol. The fourth-order valence-electron chi connectivity index (χ4n) is 5.08. The smallest absolute Gasteiger partial charge is 0.417 e. The summed E-state index contributed by atoms with van der Waals surface area (Å²) in [5.74, 6) is 0.00162. The molecule has 176 valence electrons. The van der Waals surface area contributed by atoms with Gasteiger partial charge in [0.2, 0.25) is 0 Å². The highest BCUT2D eigenvalue weighted by Gasteiger charge is 2.58. The fraction of sp³-hybridized carbons (Fsp3) is 0.375. The second-order valence-corrected chi connectivity index (χ2v) is 8.89. The number of halogens is 3. The van der Waals surface area contributed by atoms with Crippen molar-refractivity contribution in [3.8, 4) is 22.9 Å². The van der Waals surface area contributed by atoms with E-state index in [1.807, 2.05) is 6.07 Å². The summed E-state index contributed by atoms with van der Waals surface area (Å²) in [6.45, 7) is 0.851. The summed E-state index contributed by atoms with van der Waals surface area (Å²) in [7, 11) is 1.51. The van der Waals surface area contributed by atoms with Crippen LogP contribution in [-0.2, 0) is 21.2 Å². The van der Waals surface area contributed by atoms with Crippen molar-refractivity contribution in [1.82, 2.24) is 4.90 Å². The van der Waals surface area contributed by atoms with Crippen molar-refractivity contribution in [3.05, 3.63) is 53.1 Å². The lowest BCUT2D eigenvalue weighted by atomic mass is 9.73. The van der Waals surface area contributed by atoms with E-state index < -0.39 is 22.9 Å². The van der Waals surface area contributed by atoms with Gasteiger partial charge in [0.1, 0.15) is 11.4 Å². The molecule has 0 bridgehead atoms. The molecule has 3 aliphatic rings. The first-order valence-electron chi connectivity index (χ1n) is 10.8. The number of ether oxygens (including phenoxy) is 2. The number of carbonyl (C=O) groups is 1. The Morgan fingerprint density at radius 1 is 1.24 bits per heavy atom. The Kier molecular flexibility index (Phi) is 4.88. The van der Waals surface area contributed by atoms with Crippen LogP contribution in [0.5, 0.6) is 5.75 Å². The van der Waals surface area contributed by atoms with Gasteiger partial charge in [-0.15, -0.1) is 0 Å². The van der Waals surface area contributed by atoms with Gasteiger partial charge in [0.15, 0.2) is 11.5 Å². The molecule has 34 heavy (non-hydrogen) atoms. The molecule has 5 rings (SSSR count). The molecular formula is C24H21F3N4O3. The van der Waals surface area contributed by atoms with Crippen LogP contribution in [0.1, 0.15) is 36.0 Å². The number of fused-ring (bicyclic) bond motifs is 2. The standard InChI is InChI=1S/C24H21F3N4O3/c1-31-20(32)23(30-21(31)29)12-22(7-2-8-33-13-22)34-19-6-4-15(10-18(19)23)16-9-14(11-28)3-5-17(16)24(25,26)27/h3-6,9-10H,2,7-8,12-13H2,1H3,(H2,29,30). The first-order valence-corrected chi connectivity index (χ1v) is 10.8. The molecule has 2 aromatic carbocycles. The molecule has 2 spiro atoms. The van der Waals surface area contributed by atoms with Gasteiger partial charge >= 0.3 is 6.18 Å². The van der Waals surface area contributed by atoms with Crippen molar-refractivity contribution >= 4 is 11.9 Å². The minimum atomic E-state index is -4.64. The summed E-state index contributed by atoms with van der Waals surface area (Å²) in [5.41, 5.74) is 3.36. The average Bonchev–Trinajstić information content (AvgIpc) is 3.02. The highest BCUT2D eigenvalue weighted by atomic mass is 19.4. The molecule has 0 saturated carbocycles. The third kappa shape index (κ3) is 3.30. The van der Waals surface area contributed by atoms with Crippen molar-refractivity contribution in [3.63, 3.8) is 0 Å². The van der Waals surface area contributed by atoms with Crippen LogP contribution in [0.3, 0.4) is 0 Å². The molecule has 1 amide bonds. The molecule has 3 aliphatic heterocycles. The maximum atomic E-state index is 13.8. The van der Waals surface area contributed by atoms with Gasteiger partial charge in [-0.1, -0.05) is 6.07 Å². The summed E-state index contributed by atoms with van der Waals surface area (Å²) in [6, 6.07) is 9.63. The van der Waals surface area contributed by atoms with E-state index in [1.165, 1.54) is 30.1 Å². The number of aliphatic imine (C=N–C) groups is 1. The Morgan fingerprint density at radius 2 is 2.03 bits per heavy atom. The van der Waals surface area contributed by atoms with Crippen LogP contribution < -0.4 is 10.5 Å². The van der Waals surface area contributed by atoms with Crippen LogP contribution in [0.4, 0.5) is 13.2 Å². The first-order chi connectivity index (χ1) is 16.1. The Bertz CT molecular complexity index is 1260. The molecule has 0 aromatic heterocycles. The highest BCUT2D eigenvalue weighted by Crippen LogP contribution is 2.52. The van der Waals surface area contributed by atoms with Crippen molar-refractivity contribution in [2.75, 3.05) is 20.3 Å². The number of hydrogen-bond donors (Lipinski definition) is 1. The molecule has 2 unspecified atom stereocenters. The number of rotatable bonds is 1. The Hall–Kier alpha value is -3.58. The molecule has 10 heteroatoms. The molecule has 2 atom stereocenters. The number of likely N-dealkylation sites (N-methyl/N-ethyl adjacent to an activating group) is 1. The van der Waals surface area contributed by atoms with E-state index in [1.54, 1.807) is 6.07 Å². The summed E-state index contributed by atoms with van der Waals surface area (Å²) >= 11 is 0. The summed E-state index contributed by atoms with van der Waals surface area (Å²) in [5, 5.41) is 9.25. The maximum absolute atomic E-state index is 13.8. The van der Waals surface area contributed by atoms with Gasteiger partial charge in [0, 0.05) is 25.6 Å². The van der Waals surface area contributed by atoms with E-state index in [2.05, 4.69) is 4.99 Å². The summed E-state index contributed by atoms with van der Waals surface area (Å²) < 4.78 is 53.3. The Balaban J connectivity index is 1.72. The van der Waals surface area contributed by atoms with Crippen molar-refractivity contribution < 1.29 is 27.4 Å². The van der Waals surface area contributed by atoms with Crippen LogP contribution >= 0.6 is 0 Å². The molecule has 2 N–H and O–H groups in total. The Morgan fingerprint density at radius 3 is 2.65 bits per heavy atom. The zero-order valence-corrected chi connectivity index (χ0v) is 18.3. The number of benzene rings is 2. The second-order valence-electron chi connectivity index (χ2n) is 8.89. The predicted octanol–water partition coefficient (Wildman–Crippen LogP) is 3.56. The topological polar surface area (TPSA) is 101 Å². The zero-order chi connectivity index (χ0) is 24.3. The fourth-order valence-corrected chi connectivity index (χ4v) is 5.08. The largest absolute Gasteiger partial charge is 0.484 e. The van der Waals surface area contributed by atoms with Crippen LogP contribution in [0.2, 0.25) is 0 Å². The van der Waals surface area contributed by atoms with Crippen molar-refractivity contribution in [2.24, 2.45) is 10.7 Å². The third-order valence-corrected chi connectivity index (χ3v) is 6.69. The third-order valence-electron chi connectivity index (χ3n) is 6.69. The molecule has 0 radical (unpaired) electrons. The number of alkyl halides is 3. The Labute approximate surface area is 193 Å². The molecule has 0 aliphatic carbocycles. The van der Waals surface area contributed by atoms with Gasteiger partial charge in [-0.25, -0.2) is 4.99 Å². The van der Waals surface area contributed by atoms with Gasteiger partial charge in [0.25, 0.3) is 5.91 Å². The minimum absolute atomic E-state index is 0.0255. The van der Waals surface area contributed by atoms with E-state index in [0.717, 1.165) is 18.6 Å². The number of guanidine groups is 1. The van der Waals surface area contributed by atoms with Crippen molar-refractivity contribution in [1.29, 1.82) is 5.26 Å². The quantitative estimate of drug-likeness (QED) is 0.687. The minimum Gasteiger partial charge on any atom is -0.484 e. The molecule has 7 nitrogen and oxygen atoms in total. The number of nitrogens with two attached hydrogens (primary N) is 1. The SMILES string of the molecule is CN1C(=O)C2(CC3(CCCOC3)Oc3ccc(-c4cc(C#N)ccc4C(F)(F)F)cc32)N=C1N. The zero-order valence-electron chi connectivity index (χ0n) is 18.3. The molecule has 3 heterocycles. The van der Waals surface area contributed by atoms with Crippen LogP contribution in [0.15, 0.2) is 41.4 Å². The lowest BCUT2D eigenvalue weighted by Gasteiger charge is -2.46. The van der Waals surface area contributed by atoms with Gasteiger partial charge in [-0.2, -0.15) is 18.4 Å². The van der Waals surface area contributed by atoms with Crippen molar-refractivity contribution in [2.45, 2.75) is 36.6 Å². The molecular weight excluding hydrogens is 449 g/mol. The van der Waals surface area contributed by atoms with E-state index in [4.69, 9.17) is 15.2 Å².